The number of hydrogen-bond donors (Lipinski definition) is 2. The van der Waals surface area contributed by atoms with Crippen molar-refractivity contribution in [1.29, 1.82) is 5.26 Å². The highest BCUT2D eigenvalue weighted by Gasteiger charge is 2.44. The topological polar surface area (TPSA) is 113 Å². The molecular weight excluding hydrogens is 392 g/mol. The smallest absolute Gasteiger partial charge is 0.138 e. The van der Waals surface area contributed by atoms with E-state index in [0.717, 1.165) is 30.0 Å². The van der Waals surface area contributed by atoms with E-state index in [1.54, 1.807) is 30.8 Å². The van der Waals surface area contributed by atoms with Gasteiger partial charge in [0, 0.05) is 36.5 Å². The Balaban J connectivity index is 1.48. The molecule has 2 bridgehead atoms. The molecule has 8 nitrogen and oxygen atoms in total. The van der Waals surface area contributed by atoms with Gasteiger partial charge in [-0.25, -0.2) is 9.50 Å². The zero-order valence-corrected chi connectivity index (χ0v) is 17.7. The Bertz CT molecular complexity index is 1150. The highest BCUT2D eigenvalue weighted by atomic mass is 16.5. The van der Waals surface area contributed by atoms with Crippen LogP contribution in [0.4, 0.5) is 5.82 Å². The van der Waals surface area contributed by atoms with Crippen LogP contribution in [-0.4, -0.2) is 51.0 Å². The third kappa shape index (κ3) is 3.60. The van der Waals surface area contributed by atoms with Crippen molar-refractivity contribution in [2.75, 3.05) is 24.6 Å². The third-order valence-corrected chi connectivity index (χ3v) is 6.29. The average Bonchev–Trinajstić information content (AvgIpc) is 3.19. The van der Waals surface area contributed by atoms with Crippen LogP contribution < -0.4 is 15.4 Å². The molecule has 0 amide bonds. The Morgan fingerprint density at radius 2 is 2.06 bits per heavy atom. The summed E-state index contributed by atoms with van der Waals surface area (Å²) in [6.45, 7) is 5.43. The first-order valence-electron chi connectivity index (χ1n) is 10.6. The second-order valence-corrected chi connectivity index (χ2v) is 9.30. The van der Waals surface area contributed by atoms with E-state index in [1.165, 1.54) is 6.42 Å². The first-order valence-corrected chi connectivity index (χ1v) is 10.6. The quantitative estimate of drug-likeness (QED) is 0.653. The number of nitrogens with two attached hydrogens (primary N) is 1. The molecule has 3 aromatic heterocycles. The van der Waals surface area contributed by atoms with E-state index >= 15 is 0 Å². The molecule has 3 fully saturated rings. The second kappa shape index (κ2) is 7.22. The molecule has 5 heterocycles. The molecule has 2 aliphatic heterocycles. The fourth-order valence-electron chi connectivity index (χ4n) is 4.58. The minimum Gasteiger partial charge on any atom is -0.489 e. The van der Waals surface area contributed by atoms with Gasteiger partial charge in [-0.15, -0.1) is 0 Å². The molecule has 3 N–H and O–H groups in total. The normalized spacial score (nSPS) is 22.8. The van der Waals surface area contributed by atoms with Crippen LogP contribution in [0.3, 0.4) is 0 Å². The number of ether oxygens (including phenoxy) is 1. The number of aromatic nitrogens is 3. The zero-order valence-electron chi connectivity index (χ0n) is 17.7. The van der Waals surface area contributed by atoms with E-state index in [9.17, 15) is 10.4 Å². The van der Waals surface area contributed by atoms with Crippen molar-refractivity contribution in [3.8, 4) is 22.9 Å². The fraction of sp³-hybridized carbons (Fsp3) is 0.435. The van der Waals surface area contributed by atoms with Gasteiger partial charge in [0.05, 0.1) is 29.1 Å². The Hall–Kier alpha value is -3.15. The average molecular weight is 419 g/mol. The molecule has 1 aliphatic carbocycles. The molecule has 0 aromatic carbocycles. The standard InChI is InChI=1S/C23H26N6O2/c1-23(2,30)13-31-18-6-19(22-17(7-24)9-27-29(22)12-18)14-3-4-20(26-8-14)28-10-15-5-16(11-28)21(15)25/h3-4,6,8-9,12,15-16,21,30H,5,10-11,13,25H2,1-2H3/t15-,16+,21+. The molecule has 3 aliphatic rings. The van der Waals surface area contributed by atoms with E-state index in [-0.39, 0.29) is 6.61 Å². The largest absolute Gasteiger partial charge is 0.489 e. The van der Waals surface area contributed by atoms with Crippen molar-refractivity contribution in [3.63, 3.8) is 0 Å². The molecule has 6 rings (SSSR count). The molecule has 0 unspecified atom stereocenters. The fourth-order valence-corrected chi connectivity index (χ4v) is 4.58. The minimum atomic E-state index is -0.960. The summed E-state index contributed by atoms with van der Waals surface area (Å²) in [5, 5.41) is 23.8. The monoisotopic (exact) mass is 418 g/mol. The van der Waals surface area contributed by atoms with E-state index in [2.05, 4.69) is 16.1 Å². The summed E-state index contributed by atoms with van der Waals surface area (Å²) in [6, 6.07) is 8.46. The van der Waals surface area contributed by atoms with Gasteiger partial charge in [-0.05, 0) is 50.3 Å². The van der Waals surface area contributed by atoms with Crippen LogP contribution in [-0.2, 0) is 0 Å². The third-order valence-electron chi connectivity index (χ3n) is 6.29. The van der Waals surface area contributed by atoms with Gasteiger partial charge in [0.2, 0.25) is 0 Å². The lowest BCUT2D eigenvalue weighted by atomic mass is 9.67. The summed E-state index contributed by atoms with van der Waals surface area (Å²) >= 11 is 0. The Morgan fingerprint density at radius 3 is 2.68 bits per heavy atom. The molecule has 31 heavy (non-hydrogen) atoms. The van der Waals surface area contributed by atoms with Crippen LogP contribution in [0.5, 0.6) is 5.75 Å². The van der Waals surface area contributed by atoms with Crippen LogP contribution in [0.15, 0.2) is 36.8 Å². The predicted molar refractivity (Wildman–Crippen MR) is 117 cm³/mol. The molecule has 160 valence electrons. The SMILES string of the molecule is CC(C)(O)COc1cc(-c2ccc(N3C[C@H]4C[C@@H](C3)[C@H]4N)nc2)c2c(C#N)cnn2c1. The predicted octanol–water partition coefficient (Wildman–Crippen LogP) is 2.20. The first-order chi connectivity index (χ1) is 14.8. The van der Waals surface area contributed by atoms with Gasteiger partial charge in [-0.1, -0.05) is 0 Å². The number of anilines is 1. The maximum Gasteiger partial charge on any atom is 0.138 e. The molecule has 0 radical (unpaired) electrons. The summed E-state index contributed by atoms with van der Waals surface area (Å²) in [7, 11) is 0. The van der Waals surface area contributed by atoms with Gasteiger partial charge in [-0.3, -0.25) is 0 Å². The molecule has 3 aromatic rings. The van der Waals surface area contributed by atoms with E-state index in [4.69, 9.17) is 15.5 Å². The van der Waals surface area contributed by atoms with Crippen molar-refractivity contribution < 1.29 is 9.84 Å². The number of aliphatic hydroxyl groups is 1. The van der Waals surface area contributed by atoms with Crippen LogP contribution in [0.25, 0.3) is 16.6 Å². The highest BCUT2D eigenvalue weighted by Crippen LogP contribution is 2.40. The maximum absolute atomic E-state index is 10.0. The number of nitrogens with zero attached hydrogens (tertiary/aromatic N) is 5. The molecule has 8 heteroatoms. The lowest BCUT2D eigenvalue weighted by molar-refractivity contribution is 0.0283. The van der Waals surface area contributed by atoms with Crippen molar-refractivity contribution in [2.45, 2.75) is 31.9 Å². The lowest BCUT2D eigenvalue weighted by Crippen LogP contribution is -2.62. The van der Waals surface area contributed by atoms with Crippen molar-refractivity contribution in [2.24, 2.45) is 17.6 Å². The molecule has 2 saturated heterocycles. The highest BCUT2D eigenvalue weighted by molar-refractivity contribution is 5.85. The summed E-state index contributed by atoms with van der Waals surface area (Å²) < 4.78 is 7.43. The summed E-state index contributed by atoms with van der Waals surface area (Å²) in [6.07, 6.45) is 6.32. The number of fused-ring (bicyclic) bond motifs is 3. The molecular formula is C23H26N6O2. The number of nitriles is 1. The van der Waals surface area contributed by atoms with E-state index in [0.29, 0.717) is 34.7 Å². The number of pyridine rings is 2. The Morgan fingerprint density at radius 1 is 1.29 bits per heavy atom. The van der Waals surface area contributed by atoms with Gasteiger partial charge in [0.1, 0.15) is 24.2 Å². The molecule has 3 atom stereocenters. The van der Waals surface area contributed by atoms with Crippen molar-refractivity contribution >= 4 is 11.3 Å². The molecule has 1 saturated carbocycles. The molecule has 0 spiro atoms. The second-order valence-electron chi connectivity index (χ2n) is 9.30. The van der Waals surface area contributed by atoms with E-state index < -0.39 is 5.60 Å². The van der Waals surface area contributed by atoms with Crippen molar-refractivity contribution in [1.82, 2.24) is 14.6 Å². The maximum atomic E-state index is 10.0. The summed E-state index contributed by atoms with van der Waals surface area (Å²) in [4.78, 5) is 7.02. The Kier molecular flexibility index (Phi) is 4.61. The van der Waals surface area contributed by atoms with Crippen LogP contribution in [0.2, 0.25) is 0 Å². The van der Waals surface area contributed by atoms with Gasteiger partial charge in [0.25, 0.3) is 0 Å². The minimum absolute atomic E-state index is 0.140. The number of rotatable bonds is 5. The zero-order chi connectivity index (χ0) is 21.8. The summed E-state index contributed by atoms with van der Waals surface area (Å²) in [5.74, 6) is 2.64. The van der Waals surface area contributed by atoms with E-state index in [1.807, 2.05) is 24.4 Å². The number of hydrogen-bond acceptors (Lipinski definition) is 7. The lowest BCUT2D eigenvalue weighted by Gasteiger charge is -2.52. The van der Waals surface area contributed by atoms with Crippen LogP contribution >= 0.6 is 0 Å². The van der Waals surface area contributed by atoms with Gasteiger partial charge >= 0.3 is 0 Å². The summed E-state index contributed by atoms with van der Waals surface area (Å²) in [5.41, 5.74) is 8.11. The first kappa shape index (κ1) is 19.8. The van der Waals surface area contributed by atoms with Crippen LogP contribution in [0, 0.1) is 23.2 Å². The van der Waals surface area contributed by atoms with Gasteiger partial charge in [0.15, 0.2) is 0 Å². The van der Waals surface area contributed by atoms with Gasteiger partial charge in [-0.2, -0.15) is 10.4 Å². The Labute approximate surface area is 180 Å². The van der Waals surface area contributed by atoms with Gasteiger partial charge < -0.3 is 20.5 Å². The number of piperidine rings is 2. The van der Waals surface area contributed by atoms with Crippen molar-refractivity contribution in [3.05, 3.63) is 42.4 Å². The van der Waals surface area contributed by atoms with Crippen LogP contribution in [0.1, 0.15) is 25.8 Å².